The quantitative estimate of drug-likeness (QED) is 0.797. The summed E-state index contributed by atoms with van der Waals surface area (Å²) in [5.41, 5.74) is 7.24. The van der Waals surface area contributed by atoms with Crippen LogP contribution < -0.4 is 15.4 Å². The highest BCUT2D eigenvalue weighted by atomic mass is 16.5. The van der Waals surface area contributed by atoms with Crippen molar-refractivity contribution in [3.05, 3.63) is 18.2 Å². The SMILES string of the molecule is CC(C)CN1C(=O)C(C)Oc2c(N)cccc21. The molecule has 2 N–H and O–H groups in total. The fraction of sp³-hybridized carbons (Fsp3) is 0.462. The number of carbonyl (C=O) groups is 1. The van der Waals surface area contributed by atoms with E-state index in [1.54, 1.807) is 17.9 Å². The zero-order valence-corrected chi connectivity index (χ0v) is 10.4. The van der Waals surface area contributed by atoms with Gasteiger partial charge in [-0.15, -0.1) is 0 Å². The summed E-state index contributed by atoms with van der Waals surface area (Å²) in [7, 11) is 0. The Hall–Kier alpha value is -1.71. The van der Waals surface area contributed by atoms with Crippen LogP contribution >= 0.6 is 0 Å². The predicted octanol–water partition coefficient (Wildman–Crippen LogP) is 2.04. The van der Waals surface area contributed by atoms with Crippen molar-refractivity contribution in [2.24, 2.45) is 5.92 Å². The van der Waals surface area contributed by atoms with E-state index in [1.165, 1.54) is 0 Å². The maximum Gasteiger partial charge on any atom is 0.267 e. The number of nitrogens with zero attached hydrogens (tertiary/aromatic N) is 1. The van der Waals surface area contributed by atoms with Crippen LogP contribution in [0.3, 0.4) is 0 Å². The van der Waals surface area contributed by atoms with Gasteiger partial charge in [-0.1, -0.05) is 19.9 Å². The van der Waals surface area contributed by atoms with Gasteiger partial charge in [-0.25, -0.2) is 0 Å². The number of ether oxygens (including phenoxy) is 1. The summed E-state index contributed by atoms with van der Waals surface area (Å²) >= 11 is 0. The lowest BCUT2D eigenvalue weighted by Gasteiger charge is -2.34. The van der Waals surface area contributed by atoms with Crippen LogP contribution in [0, 0.1) is 5.92 Å². The van der Waals surface area contributed by atoms with Crippen molar-refractivity contribution in [2.45, 2.75) is 26.9 Å². The third-order valence-corrected chi connectivity index (χ3v) is 2.77. The van der Waals surface area contributed by atoms with Gasteiger partial charge in [-0.3, -0.25) is 4.79 Å². The molecule has 0 spiro atoms. The summed E-state index contributed by atoms with van der Waals surface area (Å²) in [6.07, 6.45) is -0.467. The number of amides is 1. The molecular formula is C13H18N2O2. The molecule has 0 bridgehead atoms. The van der Waals surface area contributed by atoms with Crippen LogP contribution in [0.25, 0.3) is 0 Å². The third-order valence-electron chi connectivity index (χ3n) is 2.77. The molecular weight excluding hydrogens is 216 g/mol. The van der Waals surface area contributed by atoms with Crippen LogP contribution in [0.1, 0.15) is 20.8 Å². The smallest absolute Gasteiger partial charge is 0.267 e. The lowest BCUT2D eigenvalue weighted by atomic mass is 10.1. The Labute approximate surface area is 101 Å². The van der Waals surface area contributed by atoms with Crippen molar-refractivity contribution in [3.63, 3.8) is 0 Å². The van der Waals surface area contributed by atoms with Gasteiger partial charge in [0.25, 0.3) is 5.91 Å². The van der Waals surface area contributed by atoms with Crippen LogP contribution in [0.15, 0.2) is 18.2 Å². The predicted molar refractivity (Wildman–Crippen MR) is 68.1 cm³/mol. The number of anilines is 2. The number of para-hydroxylation sites is 1. The number of nitrogen functional groups attached to an aromatic ring is 1. The highest BCUT2D eigenvalue weighted by Gasteiger charge is 2.32. The van der Waals surface area contributed by atoms with E-state index in [2.05, 4.69) is 13.8 Å². The molecule has 1 amide bonds. The number of nitrogens with two attached hydrogens (primary N) is 1. The maximum atomic E-state index is 12.1. The first-order chi connectivity index (χ1) is 8.00. The molecule has 0 aromatic heterocycles. The van der Waals surface area contributed by atoms with Crippen molar-refractivity contribution in [3.8, 4) is 5.75 Å². The summed E-state index contributed by atoms with van der Waals surface area (Å²) in [6, 6.07) is 5.50. The molecule has 0 saturated carbocycles. The monoisotopic (exact) mass is 234 g/mol. The Morgan fingerprint density at radius 3 is 2.82 bits per heavy atom. The molecule has 2 rings (SSSR count). The van der Waals surface area contributed by atoms with E-state index < -0.39 is 6.10 Å². The molecule has 1 aliphatic rings. The highest BCUT2D eigenvalue weighted by Crippen LogP contribution is 2.38. The number of carbonyl (C=O) groups excluding carboxylic acids is 1. The Kier molecular flexibility index (Phi) is 2.96. The molecule has 1 aromatic rings. The minimum atomic E-state index is -0.467. The van der Waals surface area contributed by atoms with Crippen molar-refractivity contribution in [1.29, 1.82) is 0 Å². The van der Waals surface area contributed by atoms with Gasteiger partial charge in [0.1, 0.15) is 0 Å². The second-order valence-corrected chi connectivity index (χ2v) is 4.80. The molecule has 4 nitrogen and oxygen atoms in total. The molecule has 0 aliphatic carbocycles. The van der Waals surface area contributed by atoms with Gasteiger partial charge < -0.3 is 15.4 Å². The standard InChI is InChI=1S/C13H18N2O2/c1-8(2)7-15-11-6-4-5-10(14)12(11)17-9(3)13(15)16/h4-6,8-9H,7,14H2,1-3H3. The number of fused-ring (bicyclic) bond motifs is 1. The molecule has 1 aromatic carbocycles. The van der Waals surface area contributed by atoms with Crippen molar-refractivity contribution in [1.82, 2.24) is 0 Å². The molecule has 4 heteroatoms. The lowest BCUT2D eigenvalue weighted by molar-refractivity contribution is -0.125. The van der Waals surface area contributed by atoms with Crippen molar-refractivity contribution >= 4 is 17.3 Å². The van der Waals surface area contributed by atoms with Gasteiger partial charge >= 0.3 is 0 Å². The average molecular weight is 234 g/mol. The molecule has 1 unspecified atom stereocenters. The van der Waals surface area contributed by atoms with E-state index in [1.807, 2.05) is 12.1 Å². The van der Waals surface area contributed by atoms with Crippen LogP contribution in [0.4, 0.5) is 11.4 Å². The second kappa shape index (κ2) is 4.28. The lowest BCUT2D eigenvalue weighted by Crippen LogP contribution is -2.46. The first-order valence-electron chi connectivity index (χ1n) is 5.87. The Morgan fingerprint density at radius 2 is 2.18 bits per heavy atom. The number of hydrogen-bond acceptors (Lipinski definition) is 3. The van der Waals surface area contributed by atoms with Gasteiger partial charge in [0.15, 0.2) is 11.9 Å². The third kappa shape index (κ3) is 2.07. The topological polar surface area (TPSA) is 55.6 Å². The number of rotatable bonds is 2. The van der Waals surface area contributed by atoms with Gasteiger partial charge in [-0.05, 0) is 25.0 Å². The van der Waals surface area contributed by atoms with Gasteiger partial charge in [0, 0.05) is 6.54 Å². The van der Waals surface area contributed by atoms with E-state index >= 15 is 0 Å². The van der Waals surface area contributed by atoms with E-state index in [-0.39, 0.29) is 5.91 Å². The molecule has 1 atom stereocenters. The van der Waals surface area contributed by atoms with Crippen molar-refractivity contribution in [2.75, 3.05) is 17.2 Å². The summed E-state index contributed by atoms with van der Waals surface area (Å²) in [4.78, 5) is 13.9. The Balaban J connectivity index is 2.45. The largest absolute Gasteiger partial charge is 0.477 e. The van der Waals surface area contributed by atoms with Crippen LogP contribution in [0.2, 0.25) is 0 Å². The van der Waals surface area contributed by atoms with E-state index in [0.717, 1.165) is 5.69 Å². The van der Waals surface area contributed by atoms with E-state index in [4.69, 9.17) is 10.5 Å². The Morgan fingerprint density at radius 1 is 1.47 bits per heavy atom. The zero-order chi connectivity index (χ0) is 12.6. The zero-order valence-electron chi connectivity index (χ0n) is 10.4. The first-order valence-corrected chi connectivity index (χ1v) is 5.87. The van der Waals surface area contributed by atoms with E-state index in [0.29, 0.717) is 23.9 Å². The highest BCUT2D eigenvalue weighted by molar-refractivity contribution is 6.01. The van der Waals surface area contributed by atoms with Crippen LogP contribution in [-0.4, -0.2) is 18.6 Å². The summed E-state index contributed by atoms with van der Waals surface area (Å²) in [5, 5.41) is 0. The Bertz CT molecular complexity index is 443. The van der Waals surface area contributed by atoms with Gasteiger partial charge in [0.05, 0.1) is 11.4 Å². The van der Waals surface area contributed by atoms with Crippen LogP contribution in [-0.2, 0) is 4.79 Å². The minimum absolute atomic E-state index is 0.00296. The summed E-state index contributed by atoms with van der Waals surface area (Å²) < 4.78 is 5.57. The van der Waals surface area contributed by atoms with Crippen LogP contribution in [0.5, 0.6) is 5.75 Å². The molecule has 0 saturated heterocycles. The summed E-state index contributed by atoms with van der Waals surface area (Å²) in [5.74, 6) is 1.02. The number of hydrogen-bond donors (Lipinski definition) is 1. The first kappa shape index (κ1) is 11.8. The maximum absolute atomic E-state index is 12.1. The molecule has 1 aliphatic heterocycles. The van der Waals surface area contributed by atoms with Gasteiger partial charge in [-0.2, -0.15) is 0 Å². The summed E-state index contributed by atoms with van der Waals surface area (Å²) in [6.45, 7) is 6.60. The molecule has 0 radical (unpaired) electrons. The van der Waals surface area contributed by atoms with Crippen molar-refractivity contribution < 1.29 is 9.53 Å². The molecule has 0 fully saturated rings. The molecule has 17 heavy (non-hydrogen) atoms. The fourth-order valence-corrected chi connectivity index (χ4v) is 2.00. The fourth-order valence-electron chi connectivity index (χ4n) is 2.00. The molecule has 1 heterocycles. The minimum Gasteiger partial charge on any atom is -0.477 e. The number of benzene rings is 1. The van der Waals surface area contributed by atoms with Gasteiger partial charge in [0.2, 0.25) is 0 Å². The second-order valence-electron chi connectivity index (χ2n) is 4.80. The normalized spacial score (nSPS) is 19.2. The average Bonchev–Trinajstić information content (AvgIpc) is 2.26. The molecule has 92 valence electrons. The van der Waals surface area contributed by atoms with E-state index in [9.17, 15) is 4.79 Å².